The summed E-state index contributed by atoms with van der Waals surface area (Å²) >= 11 is 0. The summed E-state index contributed by atoms with van der Waals surface area (Å²) in [6.45, 7) is 6.41. The number of hydrogen-bond acceptors (Lipinski definition) is 2. The van der Waals surface area contributed by atoms with Crippen molar-refractivity contribution in [1.29, 1.82) is 0 Å². The van der Waals surface area contributed by atoms with Crippen molar-refractivity contribution in [2.45, 2.75) is 45.4 Å². The van der Waals surface area contributed by atoms with Gasteiger partial charge in [0.25, 0.3) is 0 Å². The van der Waals surface area contributed by atoms with E-state index in [2.05, 4.69) is 11.8 Å². The van der Waals surface area contributed by atoms with E-state index in [-0.39, 0.29) is 5.41 Å². The number of aliphatic hydroxyl groups is 1. The fourth-order valence-corrected chi connectivity index (χ4v) is 3.16. The molecule has 0 spiro atoms. The lowest BCUT2D eigenvalue weighted by atomic mass is 9.71. The van der Waals surface area contributed by atoms with Gasteiger partial charge in [-0.15, -0.1) is 0 Å². The fraction of sp³-hybridized carbons (Fsp3) is 1.00. The van der Waals surface area contributed by atoms with Crippen molar-refractivity contribution < 1.29 is 5.11 Å². The van der Waals surface area contributed by atoms with Gasteiger partial charge in [-0.3, -0.25) is 0 Å². The number of rotatable bonds is 3. The lowest BCUT2D eigenvalue weighted by Crippen LogP contribution is -2.41. The van der Waals surface area contributed by atoms with Crippen molar-refractivity contribution in [3.8, 4) is 0 Å². The van der Waals surface area contributed by atoms with E-state index in [1.807, 2.05) is 0 Å². The summed E-state index contributed by atoms with van der Waals surface area (Å²) in [5, 5.41) is 9.66. The van der Waals surface area contributed by atoms with Crippen molar-refractivity contribution in [1.82, 2.24) is 4.90 Å². The molecule has 15 heavy (non-hydrogen) atoms. The third kappa shape index (κ3) is 2.73. The summed E-state index contributed by atoms with van der Waals surface area (Å²) in [4.78, 5) is 2.56. The number of hydrogen-bond donors (Lipinski definition) is 1. The van der Waals surface area contributed by atoms with E-state index >= 15 is 0 Å². The van der Waals surface area contributed by atoms with Crippen LogP contribution in [0.25, 0.3) is 0 Å². The van der Waals surface area contributed by atoms with Crippen molar-refractivity contribution in [3.05, 3.63) is 0 Å². The van der Waals surface area contributed by atoms with E-state index < -0.39 is 0 Å². The summed E-state index contributed by atoms with van der Waals surface area (Å²) in [7, 11) is 0. The molecule has 0 aromatic heterocycles. The third-order valence-corrected chi connectivity index (χ3v) is 4.43. The van der Waals surface area contributed by atoms with Gasteiger partial charge in [0.05, 0.1) is 0 Å². The maximum atomic E-state index is 9.66. The first kappa shape index (κ1) is 11.4. The Morgan fingerprint density at radius 3 is 2.33 bits per heavy atom. The zero-order valence-electron chi connectivity index (χ0n) is 10.0. The summed E-state index contributed by atoms with van der Waals surface area (Å²) < 4.78 is 0. The first-order valence-corrected chi connectivity index (χ1v) is 6.57. The topological polar surface area (TPSA) is 23.5 Å². The molecule has 0 bridgehead atoms. The van der Waals surface area contributed by atoms with Gasteiger partial charge in [-0.05, 0) is 44.7 Å². The van der Waals surface area contributed by atoms with E-state index in [1.165, 1.54) is 51.6 Å². The predicted molar refractivity (Wildman–Crippen MR) is 62.8 cm³/mol. The van der Waals surface area contributed by atoms with Crippen molar-refractivity contribution in [3.63, 3.8) is 0 Å². The van der Waals surface area contributed by atoms with Crippen molar-refractivity contribution in [2.75, 3.05) is 26.2 Å². The average molecular weight is 211 g/mol. The van der Waals surface area contributed by atoms with E-state index in [9.17, 15) is 5.11 Å². The van der Waals surface area contributed by atoms with Gasteiger partial charge in [-0.2, -0.15) is 0 Å². The maximum absolute atomic E-state index is 9.66. The Balaban J connectivity index is 1.89. The number of nitrogens with zero attached hydrogens (tertiary/aromatic N) is 1. The van der Waals surface area contributed by atoms with Crippen LogP contribution in [0.2, 0.25) is 0 Å². The van der Waals surface area contributed by atoms with Crippen LogP contribution in [-0.2, 0) is 0 Å². The Labute approximate surface area is 93.7 Å². The second-order valence-electron chi connectivity index (χ2n) is 5.82. The van der Waals surface area contributed by atoms with Crippen molar-refractivity contribution in [2.24, 2.45) is 11.3 Å². The summed E-state index contributed by atoms with van der Waals surface area (Å²) in [6, 6.07) is 0. The van der Waals surface area contributed by atoms with Crippen LogP contribution in [0.3, 0.4) is 0 Å². The van der Waals surface area contributed by atoms with E-state index in [0.717, 1.165) is 12.5 Å². The summed E-state index contributed by atoms with van der Waals surface area (Å²) in [5.74, 6) is 0.878. The van der Waals surface area contributed by atoms with Crippen LogP contribution in [0.5, 0.6) is 0 Å². The first-order chi connectivity index (χ1) is 7.24. The Hall–Kier alpha value is -0.0800. The highest BCUT2D eigenvalue weighted by Gasteiger charge is 2.35. The Morgan fingerprint density at radius 2 is 1.80 bits per heavy atom. The quantitative estimate of drug-likeness (QED) is 0.774. The fourth-order valence-electron chi connectivity index (χ4n) is 3.16. The molecule has 0 amide bonds. The van der Waals surface area contributed by atoms with Gasteiger partial charge in [0, 0.05) is 18.6 Å². The smallest absolute Gasteiger partial charge is 0.0499 e. The van der Waals surface area contributed by atoms with Crippen LogP contribution in [0.1, 0.15) is 45.4 Å². The van der Waals surface area contributed by atoms with Crippen LogP contribution in [0, 0.1) is 11.3 Å². The molecule has 1 aliphatic heterocycles. The van der Waals surface area contributed by atoms with Gasteiger partial charge in [0.1, 0.15) is 0 Å². The molecule has 2 heteroatoms. The van der Waals surface area contributed by atoms with Crippen LogP contribution >= 0.6 is 0 Å². The molecule has 0 radical (unpaired) electrons. The number of likely N-dealkylation sites (tertiary alicyclic amines) is 1. The Morgan fingerprint density at radius 1 is 1.20 bits per heavy atom. The van der Waals surface area contributed by atoms with Gasteiger partial charge in [-0.25, -0.2) is 0 Å². The van der Waals surface area contributed by atoms with Crippen molar-refractivity contribution >= 4 is 0 Å². The largest absolute Gasteiger partial charge is 0.396 e. The van der Waals surface area contributed by atoms with Crippen LogP contribution in [0.15, 0.2) is 0 Å². The monoisotopic (exact) mass is 211 g/mol. The van der Waals surface area contributed by atoms with Gasteiger partial charge in [0.15, 0.2) is 0 Å². The minimum absolute atomic E-state index is 0.247. The molecular weight excluding hydrogens is 186 g/mol. The van der Waals surface area contributed by atoms with Crippen LogP contribution in [-0.4, -0.2) is 36.2 Å². The minimum Gasteiger partial charge on any atom is -0.396 e. The molecule has 2 fully saturated rings. The SMILES string of the molecule is CC1CCC(CO)(CN2CCCC2)CC1. The molecule has 2 nitrogen and oxygen atoms in total. The molecule has 2 aliphatic rings. The second-order valence-corrected chi connectivity index (χ2v) is 5.82. The van der Waals surface area contributed by atoms with E-state index in [4.69, 9.17) is 0 Å². The molecule has 0 aromatic carbocycles. The standard InChI is InChI=1S/C13H25NO/c1-12-4-6-13(11-15,7-5-12)10-14-8-2-3-9-14/h12,15H,2-11H2,1H3. The Kier molecular flexibility index (Phi) is 3.68. The molecule has 0 unspecified atom stereocenters. The molecule has 1 aliphatic carbocycles. The average Bonchev–Trinajstić information content (AvgIpc) is 2.75. The molecule has 0 atom stereocenters. The van der Waals surface area contributed by atoms with E-state index in [0.29, 0.717) is 6.61 Å². The Bertz CT molecular complexity index is 191. The highest BCUT2D eigenvalue weighted by molar-refractivity contribution is 4.88. The molecule has 2 rings (SSSR count). The first-order valence-electron chi connectivity index (χ1n) is 6.57. The summed E-state index contributed by atoms with van der Waals surface area (Å²) in [6.07, 6.45) is 7.82. The predicted octanol–water partition coefficient (Wildman–Crippen LogP) is 2.27. The molecule has 1 heterocycles. The van der Waals surface area contributed by atoms with Gasteiger partial charge < -0.3 is 10.0 Å². The minimum atomic E-state index is 0.247. The van der Waals surface area contributed by atoms with Crippen LogP contribution < -0.4 is 0 Å². The molecule has 1 saturated heterocycles. The molecule has 1 N–H and O–H groups in total. The summed E-state index contributed by atoms with van der Waals surface area (Å²) in [5.41, 5.74) is 0.247. The second kappa shape index (κ2) is 4.84. The normalized spacial score (nSPS) is 38.4. The zero-order chi connectivity index (χ0) is 10.7. The lowest BCUT2D eigenvalue weighted by Gasteiger charge is -2.40. The molecular formula is C13H25NO. The molecule has 1 saturated carbocycles. The highest BCUT2D eigenvalue weighted by atomic mass is 16.3. The third-order valence-electron chi connectivity index (χ3n) is 4.43. The van der Waals surface area contributed by atoms with E-state index in [1.54, 1.807) is 0 Å². The van der Waals surface area contributed by atoms with Gasteiger partial charge in [-0.1, -0.05) is 19.8 Å². The lowest BCUT2D eigenvalue weighted by molar-refractivity contribution is 0.0360. The van der Waals surface area contributed by atoms with Gasteiger partial charge >= 0.3 is 0 Å². The van der Waals surface area contributed by atoms with Gasteiger partial charge in [0.2, 0.25) is 0 Å². The number of aliphatic hydroxyl groups excluding tert-OH is 1. The molecule has 0 aromatic rings. The highest BCUT2D eigenvalue weighted by Crippen LogP contribution is 2.39. The van der Waals surface area contributed by atoms with Crippen LogP contribution in [0.4, 0.5) is 0 Å². The maximum Gasteiger partial charge on any atom is 0.0499 e. The zero-order valence-corrected chi connectivity index (χ0v) is 10.0. The molecule has 88 valence electrons.